The Morgan fingerprint density at radius 3 is 2.63 bits per heavy atom. The second kappa shape index (κ2) is 6.65. The highest BCUT2D eigenvalue weighted by atomic mass is 127. The van der Waals surface area contributed by atoms with Gasteiger partial charge in [-0.2, -0.15) is 0 Å². The van der Waals surface area contributed by atoms with Crippen molar-refractivity contribution < 1.29 is 4.39 Å². The van der Waals surface area contributed by atoms with E-state index in [2.05, 4.69) is 28.0 Å². The van der Waals surface area contributed by atoms with Gasteiger partial charge in [0, 0.05) is 8.59 Å². The topological polar surface area (TPSA) is 38.0 Å². The van der Waals surface area contributed by atoms with Gasteiger partial charge >= 0.3 is 0 Å². The van der Waals surface area contributed by atoms with Crippen molar-refractivity contribution in [2.45, 2.75) is 12.5 Å². The molecule has 100 valence electrons. The summed E-state index contributed by atoms with van der Waals surface area (Å²) in [7, 11) is 0. The van der Waals surface area contributed by atoms with Crippen molar-refractivity contribution in [1.82, 2.24) is 5.43 Å². The highest BCUT2D eigenvalue weighted by Gasteiger charge is 2.15. The van der Waals surface area contributed by atoms with Gasteiger partial charge in [-0.05, 0) is 58.3 Å². The summed E-state index contributed by atoms with van der Waals surface area (Å²) >= 11 is 8.25. The molecule has 1 atom stereocenters. The summed E-state index contributed by atoms with van der Waals surface area (Å²) in [6, 6.07) is 12.2. The standard InChI is InChI=1S/C14H13ClFIN2/c15-12-4-2-1-3-9(12)7-14(19-18)11-6-5-10(16)8-13(11)17/h1-6,8,14,19H,7,18H2. The van der Waals surface area contributed by atoms with Gasteiger partial charge in [-0.1, -0.05) is 35.9 Å². The van der Waals surface area contributed by atoms with E-state index in [-0.39, 0.29) is 11.9 Å². The quantitative estimate of drug-likeness (QED) is 0.473. The molecule has 0 saturated heterocycles. The Labute approximate surface area is 130 Å². The third-order valence-electron chi connectivity index (χ3n) is 2.92. The fraction of sp³-hybridized carbons (Fsp3) is 0.143. The van der Waals surface area contributed by atoms with Crippen molar-refractivity contribution in [2.75, 3.05) is 0 Å². The van der Waals surface area contributed by atoms with E-state index in [0.29, 0.717) is 11.4 Å². The van der Waals surface area contributed by atoms with Crippen LogP contribution in [-0.4, -0.2) is 0 Å². The molecule has 2 nitrogen and oxygen atoms in total. The summed E-state index contributed by atoms with van der Waals surface area (Å²) in [6.45, 7) is 0. The lowest BCUT2D eigenvalue weighted by Crippen LogP contribution is -2.30. The minimum atomic E-state index is -0.248. The molecule has 0 amide bonds. The van der Waals surface area contributed by atoms with Crippen LogP contribution in [-0.2, 0) is 6.42 Å². The number of nitrogens with one attached hydrogen (secondary N) is 1. The van der Waals surface area contributed by atoms with E-state index in [0.717, 1.165) is 14.7 Å². The van der Waals surface area contributed by atoms with Crippen LogP contribution in [0.2, 0.25) is 5.02 Å². The first-order chi connectivity index (χ1) is 9.11. The molecular formula is C14H13ClFIN2. The molecule has 0 aliphatic rings. The lowest BCUT2D eigenvalue weighted by molar-refractivity contribution is 0.547. The Morgan fingerprint density at radius 1 is 1.26 bits per heavy atom. The fourth-order valence-electron chi connectivity index (χ4n) is 1.93. The molecule has 0 aliphatic carbocycles. The number of nitrogens with two attached hydrogens (primary N) is 1. The van der Waals surface area contributed by atoms with E-state index in [9.17, 15) is 4.39 Å². The molecule has 19 heavy (non-hydrogen) atoms. The van der Waals surface area contributed by atoms with Crippen molar-refractivity contribution in [3.63, 3.8) is 0 Å². The highest BCUT2D eigenvalue weighted by Crippen LogP contribution is 2.26. The molecule has 0 bridgehead atoms. The second-order valence-electron chi connectivity index (χ2n) is 4.18. The predicted molar refractivity (Wildman–Crippen MR) is 84.3 cm³/mol. The number of hydrazine groups is 1. The molecule has 2 aromatic carbocycles. The molecule has 0 radical (unpaired) electrons. The summed E-state index contributed by atoms with van der Waals surface area (Å²) in [4.78, 5) is 0. The zero-order valence-corrected chi connectivity index (χ0v) is 13.0. The normalized spacial score (nSPS) is 12.4. The van der Waals surface area contributed by atoms with Gasteiger partial charge < -0.3 is 0 Å². The summed E-state index contributed by atoms with van der Waals surface area (Å²) in [5.41, 5.74) is 4.74. The van der Waals surface area contributed by atoms with Crippen molar-refractivity contribution in [3.8, 4) is 0 Å². The number of rotatable bonds is 4. The van der Waals surface area contributed by atoms with Gasteiger partial charge in [0.1, 0.15) is 5.82 Å². The van der Waals surface area contributed by atoms with Crippen LogP contribution in [0.15, 0.2) is 42.5 Å². The van der Waals surface area contributed by atoms with E-state index >= 15 is 0 Å². The van der Waals surface area contributed by atoms with Gasteiger partial charge in [-0.15, -0.1) is 0 Å². The van der Waals surface area contributed by atoms with Crippen molar-refractivity contribution in [2.24, 2.45) is 5.84 Å². The van der Waals surface area contributed by atoms with Crippen LogP contribution in [0.1, 0.15) is 17.2 Å². The molecule has 0 spiro atoms. The average Bonchev–Trinajstić information content (AvgIpc) is 2.39. The van der Waals surface area contributed by atoms with Gasteiger partial charge in [0.25, 0.3) is 0 Å². The van der Waals surface area contributed by atoms with Gasteiger partial charge in [-0.25, -0.2) is 4.39 Å². The Morgan fingerprint density at radius 2 is 2.00 bits per heavy atom. The van der Waals surface area contributed by atoms with Crippen LogP contribution in [0.5, 0.6) is 0 Å². The molecule has 1 unspecified atom stereocenters. The van der Waals surface area contributed by atoms with E-state index in [4.69, 9.17) is 17.4 Å². The summed E-state index contributed by atoms with van der Waals surface area (Å²) in [6.07, 6.45) is 0.651. The zero-order valence-electron chi connectivity index (χ0n) is 10.0. The molecule has 0 heterocycles. The maximum atomic E-state index is 13.1. The zero-order chi connectivity index (χ0) is 13.8. The Kier molecular flexibility index (Phi) is 5.15. The van der Waals surface area contributed by atoms with E-state index < -0.39 is 0 Å². The van der Waals surface area contributed by atoms with Gasteiger partial charge in [0.05, 0.1) is 6.04 Å². The minimum Gasteiger partial charge on any atom is -0.271 e. The molecule has 3 N–H and O–H groups in total. The fourth-order valence-corrected chi connectivity index (χ4v) is 2.99. The number of benzene rings is 2. The van der Waals surface area contributed by atoms with E-state index in [1.165, 1.54) is 12.1 Å². The monoisotopic (exact) mass is 390 g/mol. The molecule has 5 heteroatoms. The lowest BCUT2D eigenvalue weighted by atomic mass is 9.99. The van der Waals surface area contributed by atoms with Crippen LogP contribution < -0.4 is 11.3 Å². The maximum absolute atomic E-state index is 13.1. The molecule has 0 saturated carbocycles. The van der Waals surface area contributed by atoms with Crippen LogP contribution in [0.3, 0.4) is 0 Å². The Hall–Kier alpha value is -0.690. The first-order valence-corrected chi connectivity index (χ1v) is 7.22. The second-order valence-corrected chi connectivity index (χ2v) is 5.75. The number of halogens is 3. The van der Waals surface area contributed by atoms with Crippen molar-refractivity contribution in [1.29, 1.82) is 0 Å². The third kappa shape index (κ3) is 3.66. The SMILES string of the molecule is NNC(Cc1ccccc1Cl)c1ccc(F)cc1I. The van der Waals surface area contributed by atoms with Crippen LogP contribution in [0.25, 0.3) is 0 Å². The molecule has 2 rings (SSSR count). The highest BCUT2D eigenvalue weighted by molar-refractivity contribution is 14.1. The Balaban J connectivity index is 2.28. The molecular weight excluding hydrogens is 378 g/mol. The summed E-state index contributed by atoms with van der Waals surface area (Å²) < 4.78 is 14.0. The first-order valence-electron chi connectivity index (χ1n) is 5.76. The summed E-state index contributed by atoms with van der Waals surface area (Å²) in [5.74, 6) is 5.37. The predicted octanol–water partition coefficient (Wildman–Crippen LogP) is 3.83. The van der Waals surface area contributed by atoms with Crippen LogP contribution in [0, 0.1) is 9.39 Å². The van der Waals surface area contributed by atoms with Crippen LogP contribution in [0.4, 0.5) is 4.39 Å². The molecule has 0 aliphatic heterocycles. The van der Waals surface area contributed by atoms with E-state index in [1.54, 1.807) is 6.07 Å². The van der Waals surface area contributed by atoms with Gasteiger partial charge in [0.15, 0.2) is 0 Å². The van der Waals surface area contributed by atoms with Gasteiger partial charge in [0.2, 0.25) is 0 Å². The van der Waals surface area contributed by atoms with E-state index in [1.807, 2.05) is 24.3 Å². The molecule has 0 aromatic heterocycles. The molecule has 2 aromatic rings. The van der Waals surface area contributed by atoms with Gasteiger partial charge in [-0.3, -0.25) is 11.3 Å². The lowest BCUT2D eigenvalue weighted by Gasteiger charge is -2.18. The number of hydrogen-bond donors (Lipinski definition) is 2. The largest absolute Gasteiger partial charge is 0.271 e. The van der Waals surface area contributed by atoms with Crippen molar-refractivity contribution in [3.05, 3.63) is 68.0 Å². The third-order valence-corrected chi connectivity index (χ3v) is 4.22. The number of hydrogen-bond acceptors (Lipinski definition) is 2. The smallest absolute Gasteiger partial charge is 0.124 e. The maximum Gasteiger partial charge on any atom is 0.124 e. The minimum absolute atomic E-state index is 0.104. The van der Waals surface area contributed by atoms with Crippen molar-refractivity contribution >= 4 is 34.2 Å². The first kappa shape index (κ1) is 14.7. The van der Waals surface area contributed by atoms with Crippen LogP contribution >= 0.6 is 34.2 Å². The molecule has 0 fully saturated rings. The Bertz CT molecular complexity index is 577. The average molecular weight is 391 g/mol. The summed E-state index contributed by atoms with van der Waals surface area (Å²) in [5, 5.41) is 0.708.